The monoisotopic (exact) mass is 459 g/mol. The zero-order valence-corrected chi connectivity index (χ0v) is 18.9. The molecule has 0 saturated carbocycles. The molecule has 0 atom stereocenters. The second-order valence-corrected chi connectivity index (χ2v) is 9.56. The molecule has 6 nitrogen and oxygen atoms in total. The maximum atomic E-state index is 13.0. The van der Waals surface area contributed by atoms with Crippen molar-refractivity contribution in [2.24, 2.45) is 5.10 Å². The molecule has 0 aliphatic heterocycles. The summed E-state index contributed by atoms with van der Waals surface area (Å²) < 4.78 is 37.6. The molecule has 1 amide bonds. The molecule has 0 aliphatic carbocycles. The van der Waals surface area contributed by atoms with Crippen LogP contribution in [0, 0.1) is 12.7 Å². The molecule has 1 aromatic heterocycles. The predicted molar refractivity (Wildman–Crippen MR) is 122 cm³/mol. The van der Waals surface area contributed by atoms with Gasteiger partial charge in [0, 0.05) is 15.9 Å². The van der Waals surface area contributed by atoms with E-state index in [4.69, 9.17) is 0 Å². The van der Waals surface area contributed by atoms with Gasteiger partial charge in [0.2, 0.25) is 0 Å². The highest BCUT2D eigenvalue weighted by Crippen LogP contribution is 2.23. The molecule has 0 radical (unpaired) electrons. The summed E-state index contributed by atoms with van der Waals surface area (Å²) in [7, 11) is -3.92. The molecule has 3 rings (SSSR count). The molecule has 0 spiro atoms. The average Bonchev–Trinajstić information content (AvgIpc) is 3.13. The van der Waals surface area contributed by atoms with Gasteiger partial charge in [0.25, 0.3) is 15.9 Å². The number of carbonyl (C=O) groups is 1. The van der Waals surface area contributed by atoms with Crippen LogP contribution < -0.4 is 10.1 Å². The van der Waals surface area contributed by atoms with Crippen LogP contribution in [0.2, 0.25) is 0 Å². The summed E-state index contributed by atoms with van der Waals surface area (Å²) in [6.07, 6.45) is 0.776. The minimum atomic E-state index is -3.92. The van der Waals surface area contributed by atoms with Crippen molar-refractivity contribution in [2.45, 2.75) is 32.1 Å². The van der Waals surface area contributed by atoms with E-state index in [1.165, 1.54) is 0 Å². The van der Waals surface area contributed by atoms with Crippen LogP contribution in [0.5, 0.6) is 0 Å². The van der Waals surface area contributed by atoms with Gasteiger partial charge >= 0.3 is 0 Å². The molecule has 162 valence electrons. The van der Waals surface area contributed by atoms with E-state index in [1.807, 2.05) is 19.2 Å². The Kier molecular flexibility index (Phi) is 6.87. The SMILES string of the molecule is CCc1c(C(=O)Nc2cccc(C(C)=NNS(=O)(=O)c3ccc(F)cc3)c2)csc1C. The van der Waals surface area contributed by atoms with E-state index in [2.05, 4.69) is 15.2 Å². The fourth-order valence-corrected chi connectivity index (χ4v) is 4.79. The van der Waals surface area contributed by atoms with Crippen molar-refractivity contribution in [2.75, 3.05) is 5.32 Å². The first-order chi connectivity index (χ1) is 14.7. The number of sulfonamides is 1. The van der Waals surface area contributed by atoms with E-state index in [0.29, 0.717) is 22.5 Å². The summed E-state index contributed by atoms with van der Waals surface area (Å²) in [6, 6.07) is 11.4. The topological polar surface area (TPSA) is 87.6 Å². The van der Waals surface area contributed by atoms with Crippen molar-refractivity contribution in [1.82, 2.24) is 4.83 Å². The molecule has 0 unspecified atom stereocenters. The number of amides is 1. The van der Waals surface area contributed by atoms with Crippen molar-refractivity contribution in [3.05, 3.63) is 81.3 Å². The summed E-state index contributed by atoms with van der Waals surface area (Å²) in [5, 5.41) is 8.68. The van der Waals surface area contributed by atoms with Gasteiger partial charge in [-0.3, -0.25) is 4.79 Å². The number of anilines is 1. The third kappa shape index (κ3) is 5.36. The fraction of sp³-hybridized carbons (Fsp3) is 0.182. The number of nitrogens with one attached hydrogen (secondary N) is 2. The van der Waals surface area contributed by atoms with Crippen LogP contribution in [-0.4, -0.2) is 20.0 Å². The molecule has 31 heavy (non-hydrogen) atoms. The Labute approximate surface area is 184 Å². The van der Waals surface area contributed by atoms with E-state index in [1.54, 1.807) is 42.5 Å². The van der Waals surface area contributed by atoms with Crippen molar-refractivity contribution >= 4 is 38.7 Å². The summed E-state index contributed by atoms with van der Waals surface area (Å²) in [4.78, 5) is 15.9. The number of rotatable bonds is 7. The van der Waals surface area contributed by atoms with Crippen molar-refractivity contribution < 1.29 is 17.6 Å². The molecule has 0 saturated heterocycles. The first-order valence-corrected chi connectivity index (χ1v) is 11.9. The summed E-state index contributed by atoms with van der Waals surface area (Å²) >= 11 is 1.54. The van der Waals surface area contributed by atoms with Gasteiger partial charge in [-0.05, 0) is 67.8 Å². The minimum absolute atomic E-state index is 0.0933. The molecular weight excluding hydrogens is 437 g/mol. The van der Waals surface area contributed by atoms with Crippen LogP contribution in [0.15, 0.2) is 63.9 Å². The normalized spacial score (nSPS) is 11.9. The van der Waals surface area contributed by atoms with E-state index in [-0.39, 0.29) is 10.8 Å². The van der Waals surface area contributed by atoms with Gasteiger partial charge < -0.3 is 5.32 Å². The Hall–Kier alpha value is -3.04. The molecule has 0 aliphatic rings. The van der Waals surface area contributed by atoms with Gasteiger partial charge in [-0.15, -0.1) is 11.3 Å². The number of aryl methyl sites for hydroxylation is 1. The maximum Gasteiger partial charge on any atom is 0.276 e. The molecule has 0 bridgehead atoms. The van der Waals surface area contributed by atoms with Crippen molar-refractivity contribution in [3.8, 4) is 0 Å². The van der Waals surface area contributed by atoms with E-state index in [9.17, 15) is 17.6 Å². The predicted octanol–water partition coefficient (Wildman–Crippen LogP) is 4.71. The average molecular weight is 460 g/mol. The summed E-state index contributed by atoms with van der Waals surface area (Å²) in [5.74, 6) is -0.717. The zero-order valence-electron chi connectivity index (χ0n) is 17.3. The lowest BCUT2D eigenvalue weighted by Crippen LogP contribution is -2.20. The second-order valence-electron chi connectivity index (χ2n) is 6.82. The summed E-state index contributed by atoms with van der Waals surface area (Å²) in [5.41, 5.74) is 3.31. The fourth-order valence-electron chi connectivity index (χ4n) is 2.99. The van der Waals surface area contributed by atoms with E-state index >= 15 is 0 Å². The van der Waals surface area contributed by atoms with Gasteiger partial charge in [0.1, 0.15) is 5.82 Å². The molecule has 0 fully saturated rings. The highest BCUT2D eigenvalue weighted by atomic mass is 32.2. The lowest BCUT2D eigenvalue weighted by molar-refractivity contribution is 0.102. The number of thiophene rings is 1. The first kappa shape index (κ1) is 22.6. The zero-order chi connectivity index (χ0) is 22.6. The highest BCUT2D eigenvalue weighted by molar-refractivity contribution is 7.89. The van der Waals surface area contributed by atoms with Crippen LogP contribution in [0.3, 0.4) is 0 Å². The number of hydrazone groups is 1. The molecule has 9 heteroatoms. The lowest BCUT2D eigenvalue weighted by atomic mass is 10.1. The standard InChI is InChI=1S/C22H22FN3O3S2/c1-4-20-15(3)30-13-21(20)22(27)24-18-7-5-6-16(12-18)14(2)25-26-31(28,29)19-10-8-17(23)9-11-19/h5-13,26H,4H2,1-3H3,(H,24,27). The number of hydrogen-bond acceptors (Lipinski definition) is 5. The Morgan fingerprint density at radius 1 is 1.16 bits per heavy atom. The smallest absolute Gasteiger partial charge is 0.276 e. The van der Waals surface area contributed by atoms with E-state index in [0.717, 1.165) is 41.1 Å². The molecule has 1 heterocycles. The van der Waals surface area contributed by atoms with Crippen LogP contribution in [0.25, 0.3) is 0 Å². The molecule has 2 aromatic carbocycles. The highest BCUT2D eigenvalue weighted by Gasteiger charge is 2.15. The van der Waals surface area contributed by atoms with Crippen LogP contribution in [0.4, 0.5) is 10.1 Å². The second kappa shape index (κ2) is 9.40. The van der Waals surface area contributed by atoms with E-state index < -0.39 is 15.8 Å². The number of nitrogens with zero attached hydrogens (tertiary/aromatic N) is 1. The van der Waals surface area contributed by atoms with Gasteiger partial charge in [-0.1, -0.05) is 19.1 Å². The van der Waals surface area contributed by atoms with Crippen LogP contribution in [-0.2, 0) is 16.4 Å². The largest absolute Gasteiger partial charge is 0.322 e. The number of halogens is 1. The third-order valence-corrected chi connectivity index (χ3v) is 6.88. The first-order valence-electron chi connectivity index (χ1n) is 9.51. The van der Waals surface area contributed by atoms with Gasteiger partial charge in [0.15, 0.2) is 0 Å². The molecule has 2 N–H and O–H groups in total. The van der Waals surface area contributed by atoms with Crippen molar-refractivity contribution in [1.29, 1.82) is 0 Å². The van der Waals surface area contributed by atoms with Gasteiger partial charge in [0.05, 0.1) is 16.2 Å². The molecular formula is C22H22FN3O3S2. The number of hydrogen-bond donors (Lipinski definition) is 2. The quantitative estimate of drug-likeness (QED) is 0.396. The Morgan fingerprint density at radius 2 is 1.87 bits per heavy atom. The molecule has 3 aromatic rings. The van der Waals surface area contributed by atoms with Crippen molar-refractivity contribution in [3.63, 3.8) is 0 Å². The van der Waals surface area contributed by atoms with Gasteiger partial charge in [-0.25, -0.2) is 4.39 Å². The van der Waals surface area contributed by atoms with Gasteiger partial charge in [-0.2, -0.15) is 18.4 Å². The Bertz CT molecular complexity index is 1230. The number of carbonyl (C=O) groups excluding carboxylic acids is 1. The lowest BCUT2D eigenvalue weighted by Gasteiger charge is -2.09. The van der Waals surface area contributed by atoms with Crippen LogP contribution in [0.1, 0.15) is 40.2 Å². The summed E-state index contributed by atoms with van der Waals surface area (Å²) in [6.45, 7) is 5.65. The third-order valence-electron chi connectivity index (χ3n) is 4.70. The maximum absolute atomic E-state index is 13.0. The number of benzene rings is 2. The minimum Gasteiger partial charge on any atom is -0.322 e. The Morgan fingerprint density at radius 3 is 2.55 bits per heavy atom. The van der Waals surface area contributed by atoms with Crippen LogP contribution >= 0.6 is 11.3 Å². The Balaban J connectivity index is 1.75.